The standard InChI is InChI=1S/C11H15N5/c1-3-4-10-14-9(12)7-11(15-10)16-6-5-13-8(16)2/h5-7H,3-4H2,1-2H3,(H2,12,14,15). The van der Waals surface area contributed by atoms with Crippen molar-refractivity contribution in [1.29, 1.82) is 0 Å². The molecule has 0 bridgehead atoms. The Bertz CT molecular complexity index is 489. The van der Waals surface area contributed by atoms with Crippen LogP contribution in [0.25, 0.3) is 5.82 Å². The number of anilines is 1. The van der Waals surface area contributed by atoms with E-state index in [1.54, 1.807) is 12.3 Å². The molecule has 0 saturated heterocycles. The third-order valence-electron chi connectivity index (χ3n) is 2.32. The molecule has 0 aliphatic rings. The Labute approximate surface area is 94.4 Å². The summed E-state index contributed by atoms with van der Waals surface area (Å²) in [4.78, 5) is 12.8. The van der Waals surface area contributed by atoms with Crippen LogP contribution in [0, 0.1) is 6.92 Å². The van der Waals surface area contributed by atoms with E-state index in [1.165, 1.54) is 0 Å². The number of nitrogens with two attached hydrogens (primary N) is 1. The Kier molecular flexibility index (Phi) is 2.85. The summed E-state index contributed by atoms with van der Waals surface area (Å²) in [5, 5.41) is 0. The maximum Gasteiger partial charge on any atom is 0.143 e. The number of imidazole rings is 1. The third kappa shape index (κ3) is 2.03. The molecule has 0 aliphatic carbocycles. The van der Waals surface area contributed by atoms with E-state index in [1.807, 2.05) is 17.7 Å². The average molecular weight is 217 g/mol. The highest BCUT2D eigenvalue weighted by atomic mass is 15.1. The first-order chi connectivity index (χ1) is 7.70. The maximum atomic E-state index is 5.76. The van der Waals surface area contributed by atoms with Gasteiger partial charge in [0.25, 0.3) is 0 Å². The highest BCUT2D eigenvalue weighted by Gasteiger charge is 2.05. The molecule has 0 saturated carbocycles. The second kappa shape index (κ2) is 4.30. The van der Waals surface area contributed by atoms with Gasteiger partial charge in [-0.25, -0.2) is 15.0 Å². The lowest BCUT2D eigenvalue weighted by Crippen LogP contribution is -2.06. The van der Waals surface area contributed by atoms with Crippen molar-refractivity contribution in [3.63, 3.8) is 0 Å². The molecule has 0 atom stereocenters. The van der Waals surface area contributed by atoms with E-state index < -0.39 is 0 Å². The lowest BCUT2D eigenvalue weighted by Gasteiger charge is -2.07. The molecular weight excluding hydrogens is 202 g/mol. The van der Waals surface area contributed by atoms with Crippen LogP contribution in [0.1, 0.15) is 25.0 Å². The predicted octanol–water partition coefficient (Wildman–Crippen LogP) is 1.51. The first-order valence-corrected chi connectivity index (χ1v) is 5.34. The predicted molar refractivity (Wildman–Crippen MR) is 62.3 cm³/mol. The average Bonchev–Trinajstić information content (AvgIpc) is 2.64. The summed E-state index contributed by atoms with van der Waals surface area (Å²) in [6.45, 7) is 4.02. The Balaban J connectivity index is 2.45. The van der Waals surface area contributed by atoms with E-state index >= 15 is 0 Å². The van der Waals surface area contributed by atoms with Gasteiger partial charge in [-0.3, -0.25) is 4.57 Å². The zero-order valence-electron chi connectivity index (χ0n) is 9.51. The number of nitrogens with zero attached hydrogens (tertiary/aromatic N) is 4. The van der Waals surface area contributed by atoms with Crippen LogP contribution in [0.5, 0.6) is 0 Å². The molecule has 0 amide bonds. The SMILES string of the molecule is CCCc1nc(N)cc(-n2ccnc2C)n1. The molecule has 16 heavy (non-hydrogen) atoms. The minimum absolute atomic E-state index is 0.501. The van der Waals surface area contributed by atoms with Crippen molar-refractivity contribution in [1.82, 2.24) is 19.5 Å². The Morgan fingerprint density at radius 2 is 2.19 bits per heavy atom. The summed E-state index contributed by atoms with van der Waals surface area (Å²) in [7, 11) is 0. The summed E-state index contributed by atoms with van der Waals surface area (Å²) in [5.74, 6) is 2.96. The molecule has 5 nitrogen and oxygen atoms in total. The van der Waals surface area contributed by atoms with Gasteiger partial charge < -0.3 is 5.73 Å². The molecule has 0 fully saturated rings. The largest absolute Gasteiger partial charge is 0.384 e. The molecule has 0 spiro atoms. The van der Waals surface area contributed by atoms with Crippen molar-refractivity contribution in [2.24, 2.45) is 0 Å². The summed E-state index contributed by atoms with van der Waals surface area (Å²) < 4.78 is 1.90. The topological polar surface area (TPSA) is 69.6 Å². The lowest BCUT2D eigenvalue weighted by atomic mass is 10.3. The quantitative estimate of drug-likeness (QED) is 0.846. The van der Waals surface area contributed by atoms with E-state index in [9.17, 15) is 0 Å². The fourth-order valence-corrected chi connectivity index (χ4v) is 1.58. The van der Waals surface area contributed by atoms with E-state index in [0.29, 0.717) is 5.82 Å². The molecule has 5 heteroatoms. The highest BCUT2D eigenvalue weighted by Crippen LogP contribution is 2.11. The van der Waals surface area contributed by atoms with Gasteiger partial charge >= 0.3 is 0 Å². The number of aryl methyl sites for hydroxylation is 2. The van der Waals surface area contributed by atoms with E-state index in [0.717, 1.165) is 30.3 Å². The van der Waals surface area contributed by atoms with Gasteiger partial charge in [0, 0.05) is 24.9 Å². The number of nitrogen functional groups attached to an aromatic ring is 1. The van der Waals surface area contributed by atoms with Crippen LogP contribution in [0.15, 0.2) is 18.5 Å². The molecule has 0 radical (unpaired) electrons. The fraction of sp³-hybridized carbons (Fsp3) is 0.364. The molecule has 2 rings (SSSR count). The van der Waals surface area contributed by atoms with Crippen LogP contribution < -0.4 is 5.73 Å². The molecule has 2 heterocycles. The van der Waals surface area contributed by atoms with Crippen LogP contribution in [0.4, 0.5) is 5.82 Å². The minimum atomic E-state index is 0.501. The normalized spacial score (nSPS) is 10.6. The van der Waals surface area contributed by atoms with Gasteiger partial charge in [0.1, 0.15) is 23.3 Å². The summed E-state index contributed by atoms with van der Waals surface area (Å²) in [5.41, 5.74) is 5.76. The second-order valence-electron chi connectivity index (χ2n) is 3.66. The zero-order chi connectivity index (χ0) is 11.5. The number of hydrogen-bond donors (Lipinski definition) is 1. The lowest BCUT2D eigenvalue weighted by molar-refractivity contribution is 0.813. The molecule has 84 valence electrons. The number of hydrogen-bond acceptors (Lipinski definition) is 4. The molecule has 0 unspecified atom stereocenters. The molecule has 2 aromatic rings. The van der Waals surface area contributed by atoms with Crippen molar-refractivity contribution in [3.8, 4) is 5.82 Å². The van der Waals surface area contributed by atoms with E-state index in [-0.39, 0.29) is 0 Å². The van der Waals surface area contributed by atoms with Gasteiger partial charge in [-0.2, -0.15) is 0 Å². The first-order valence-electron chi connectivity index (χ1n) is 5.34. The number of rotatable bonds is 3. The van der Waals surface area contributed by atoms with E-state index in [4.69, 9.17) is 5.73 Å². The van der Waals surface area contributed by atoms with Gasteiger partial charge in [0.15, 0.2) is 0 Å². The first kappa shape index (κ1) is 10.6. The summed E-state index contributed by atoms with van der Waals surface area (Å²) in [6, 6.07) is 1.76. The summed E-state index contributed by atoms with van der Waals surface area (Å²) >= 11 is 0. The molecular formula is C11H15N5. The van der Waals surface area contributed by atoms with Crippen molar-refractivity contribution in [2.45, 2.75) is 26.7 Å². The van der Waals surface area contributed by atoms with Gasteiger partial charge in [-0.05, 0) is 13.3 Å². The Morgan fingerprint density at radius 1 is 1.38 bits per heavy atom. The zero-order valence-corrected chi connectivity index (χ0v) is 9.51. The smallest absolute Gasteiger partial charge is 0.143 e. The van der Waals surface area contributed by atoms with Gasteiger partial charge in [-0.1, -0.05) is 6.92 Å². The minimum Gasteiger partial charge on any atom is -0.384 e. The number of aromatic nitrogens is 4. The molecule has 2 N–H and O–H groups in total. The van der Waals surface area contributed by atoms with Crippen LogP contribution in [0.2, 0.25) is 0 Å². The van der Waals surface area contributed by atoms with E-state index in [2.05, 4.69) is 21.9 Å². The third-order valence-corrected chi connectivity index (χ3v) is 2.32. The fourth-order valence-electron chi connectivity index (χ4n) is 1.58. The van der Waals surface area contributed by atoms with Gasteiger partial charge in [0.2, 0.25) is 0 Å². The monoisotopic (exact) mass is 217 g/mol. The van der Waals surface area contributed by atoms with Crippen molar-refractivity contribution in [3.05, 3.63) is 30.1 Å². The summed E-state index contributed by atoms with van der Waals surface area (Å²) in [6.07, 6.45) is 5.46. The van der Waals surface area contributed by atoms with Crippen LogP contribution in [-0.4, -0.2) is 19.5 Å². The van der Waals surface area contributed by atoms with Crippen LogP contribution >= 0.6 is 0 Å². The molecule has 0 aromatic carbocycles. The molecule has 0 aliphatic heterocycles. The highest BCUT2D eigenvalue weighted by molar-refractivity contribution is 5.38. The van der Waals surface area contributed by atoms with Crippen LogP contribution in [-0.2, 0) is 6.42 Å². The van der Waals surface area contributed by atoms with Gasteiger partial charge in [0.05, 0.1) is 0 Å². The van der Waals surface area contributed by atoms with Crippen LogP contribution in [0.3, 0.4) is 0 Å². The Morgan fingerprint density at radius 3 is 2.81 bits per heavy atom. The van der Waals surface area contributed by atoms with Crippen molar-refractivity contribution in [2.75, 3.05) is 5.73 Å². The second-order valence-corrected chi connectivity index (χ2v) is 3.66. The Hall–Kier alpha value is -1.91. The van der Waals surface area contributed by atoms with Crippen molar-refractivity contribution >= 4 is 5.82 Å². The van der Waals surface area contributed by atoms with Gasteiger partial charge in [-0.15, -0.1) is 0 Å². The van der Waals surface area contributed by atoms with Crippen molar-refractivity contribution < 1.29 is 0 Å². The molecule has 2 aromatic heterocycles. The maximum absolute atomic E-state index is 5.76.